The molecule has 2 aromatic rings. The maximum atomic E-state index is 3.55. The number of fused-ring (bicyclic) bond motifs is 1. The summed E-state index contributed by atoms with van der Waals surface area (Å²) in [6, 6.07) is 20.5. The minimum absolute atomic E-state index is 0.188. The van der Waals surface area contributed by atoms with Gasteiger partial charge >= 0.3 is 0 Å². The van der Waals surface area contributed by atoms with Crippen molar-refractivity contribution < 1.29 is 0 Å². The molecule has 0 bridgehead atoms. The quantitative estimate of drug-likeness (QED) is 0.814. The average molecular weight is 350 g/mol. The van der Waals surface area contributed by atoms with Gasteiger partial charge in [-0.2, -0.15) is 0 Å². The predicted molar refractivity (Wildman–Crippen MR) is 111 cm³/mol. The van der Waals surface area contributed by atoms with E-state index >= 15 is 0 Å². The number of likely N-dealkylation sites (tertiary alicyclic amines) is 1. The molecule has 0 amide bonds. The zero-order valence-electron chi connectivity index (χ0n) is 16.1. The Morgan fingerprint density at radius 1 is 0.923 bits per heavy atom. The number of piperidine rings is 1. The number of nitrogens with zero attached hydrogens (tertiary/aromatic N) is 2. The molecule has 2 aliphatic heterocycles. The molecule has 1 fully saturated rings. The Morgan fingerprint density at radius 2 is 1.58 bits per heavy atom. The van der Waals surface area contributed by atoms with Gasteiger partial charge in [0, 0.05) is 24.7 Å². The monoisotopic (exact) mass is 349 g/mol. The van der Waals surface area contributed by atoms with Gasteiger partial charge in [-0.15, -0.1) is 0 Å². The Labute approximate surface area is 158 Å². The highest BCUT2D eigenvalue weighted by molar-refractivity contribution is 5.74. The zero-order valence-corrected chi connectivity index (χ0v) is 16.1. The van der Waals surface area contributed by atoms with Crippen LogP contribution in [0.4, 0.5) is 11.4 Å². The Kier molecular flexibility index (Phi) is 4.90. The lowest BCUT2D eigenvalue weighted by Gasteiger charge is -2.48. The van der Waals surface area contributed by atoms with Gasteiger partial charge in [-0.05, 0) is 43.4 Å². The minimum atomic E-state index is 0.188. The summed E-state index contributed by atoms with van der Waals surface area (Å²) in [4.78, 5) is 5.34. The third-order valence-electron chi connectivity index (χ3n) is 6.64. The van der Waals surface area contributed by atoms with Crippen LogP contribution in [0.3, 0.4) is 0 Å². The maximum absolute atomic E-state index is 3.55. The summed E-state index contributed by atoms with van der Waals surface area (Å²) in [5.41, 5.74) is 4.34. The molecule has 3 nitrogen and oxygen atoms in total. The normalized spacial score (nSPS) is 18.6. The second-order valence-corrected chi connectivity index (χ2v) is 7.64. The first-order chi connectivity index (χ1) is 12.8. The fourth-order valence-electron chi connectivity index (χ4n) is 5.10. The number of hydrogen-bond donors (Lipinski definition) is 1. The van der Waals surface area contributed by atoms with E-state index in [-0.39, 0.29) is 5.54 Å². The van der Waals surface area contributed by atoms with Gasteiger partial charge in [-0.3, -0.25) is 4.90 Å². The number of hydrogen-bond acceptors (Lipinski definition) is 3. The fraction of sp³-hybridized carbons (Fsp3) is 0.478. The van der Waals surface area contributed by atoms with Crippen LogP contribution in [0, 0.1) is 0 Å². The number of rotatable bonds is 5. The molecule has 138 valence electrons. The molecule has 2 heterocycles. The Morgan fingerprint density at radius 3 is 2.27 bits per heavy atom. The van der Waals surface area contributed by atoms with Crippen LogP contribution in [0.5, 0.6) is 0 Å². The van der Waals surface area contributed by atoms with Gasteiger partial charge in [-0.25, -0.2) is 0 Å². The topological polar surface area (TPSA) is 18.5 Å². The van der Waals surface area contributed by atoms with Crippen molar-refractivity contribution in [3.8, 4) is 0 Å². The highest BCUT2D eigenvalue weighted by Crippen LogP contribution is 2.40. The number of para-hydroxylation sites is 2. The summed E-state index contributed by atoms with van der Waals surface area (Å²) in [6.45, 7) is 8.02. The van der Waals surface area contributed by atoms with E-state index in [4.69, 9.17) is 0 Å². The highest BCUT2D eigenvalue weighted by Gasteiger charge is 2.38. The summed E-state index contributed by atoms with van der Waals surface area (Å²) in [5.74, 6) is 0. The van der Waals surface area contributed by atoms with Crippen LogP contribution in [0.2, 0.25) is 0 Å². The molecule has 4 rings (SSSR count). The van der Waals surface area contributed by atoms with E-state index in [1.807, 2.05) is 0 Å². The average Bonchev–Trinajstić information content (AvgIpc) is 3.15. The van der Waals surface area contributed by atoms with Gasteiger partial charge in [0.15, 0.2) is 0 Å². The van der Waals surface area contributed by atoms with E-state index in [9.17, 15) is 0 Å². The molecule has 1 N–H and O–H groups in total. The van der Waals surface area contributed by atoms with Crippen molar-refractivity contribution in [2.75, 3.05) is 30.0 Å². The lowest BCUT2D eigenvalue weighted by Crippen LogP contribution is -2.53. The second kappa shape index (κ2) is 7.32. The third-order valence-corrected chi connectivity index (χ3v) is 6.64. The lowest BCUT2D eigenvalue weighted by molar-refractivity contribution is 0.0495. The van der Waals surface area contributed by atoms with Crippen LogP contribution >= 0.6 is 0 Å². The van der Waals surface area contributed by atoms with E-state index < -0.39 is 0 Å². The van der Waals surface area contributed by atoms with Gasteiger partial charge in [0.05, 0.1) is 18.0 Å². The third kappa shape index (κ3) is 2.88. The van der Waals surface area contributed by atoms with Crippen molar-refractivity contribution in [1.82, 2.24) is 4.90 Å². The van der Waals surface area contributed by atoms with Crippen molar-refractivity contribution in [3.63, 3.8) is 0 Å². The maximum Gasteiger partial charge on any atom is 0.0880 e. The molecule has 3 heteroatoms. The summed E-state index contributed by atoms with van der Waals surface area (Å²) in [7, 11) is 0. The first kappa shape index (κ1) is 17.4. The number of benzene rings is 2. The molecule has 0 atom stereocenters. The van der Waals surface area contributed by atoms with Gasteiger partial charge in [0.25, 0.3) is 0 Å². The zero-order chi connectivity index (χ0) is 18.0. The molecule has 0 aromatic heterocycles. The van der Waals surface area contributed by atoms with E-state index in [1.54, 1.807) is 0 Å². The molecule has 1 saturated heterocycles. The Bertz CT molecular complexity index is 715. The molecule has 0 unspecified atom stereocenters. The Hall–Kier alpha value is -2.00. The SMILES string of the molecule is CCC(CC)(c1ccccc1)N1CCC(N2CNc3ccccc32)CC1. The van der Waals surface area contributed by atoms with E-state index in [2.05, 4.69) is 83.6 Å². The van der Waals surface area contributed by atoms with Crippen molar-refractivity contribution in [3.05, 3.63) is 60.2 Å². The van der Waals surface area contributed by atoms with Gasteiger partial charge < -0.3 is 10.2 Å². The smallest absolute Gasteiger partial charge is 0.0880 e. The van der Waals surface area contributed by atoms with Crippen molar-refractivity contribution in [1.29, 1.82) is 0 Å². The van der Waals surface area contributed by atoms with Crippen LogP contribution in [0.25, 0.3) is 0 Å². The Balaban J connectivity index is 1.49. The number of anilines is 2. The van der Waals surface area contributed by atoms with Crippen LogP contribution in [-0.2, 0) is 5.54 Å². The molecule has 2 aromatic carbocycles. The van der Waals surface area contributed by atoms with Crippen LogP contribution in [0.1, 0.15) is 45.1 Å². The summed E-state index contributed by atoms with van der Waals surface area (Å²) < 4.78 is 0. The fourth-order valence-corrected chi connectivity index (χ4v) is 5.10. The molecule has 0 radical (unpaired) electrons. The van der Waals surface area contributed by atoms with Crippen LogP contribution < -0.4 is 10.2 Å². The lowest BCUT2D eigenvalue weighted by atomic mass is 9.81. The standard InChI is InChI=1S/C23H31N3/c1-3-23(4-2,19-10-6-5-7-11-19)25-16-14-20(15-17-25)26-18-24-21-12-8-9-13-22(21)26/h5-13,20,24H,3-4,14-18H2,1-2H3. The molecular weight excluding hydrogens is 318 g/mol. The van der Waals surface area contributed by atoms with Crippen molar-refractivity contribution in [2.24, 2.45) is 0 Å². The van der Waals surface area contributed by atoms with E-state index in [0.717, 1.165) is 6.67 Å². The largest absolute Gasteiger partial charge is 0.366 e. The summed E-state index contributed by atoms with van der Waals surface area (Å²) >= 11 is 0. The molecule has 0 aliphatic carbocycles. The van der Waals surface area contributed by atoms with E-state index in [1.165, 1.54) is 55.7 Å². The molecular formula is C23H31N3. The molecule has 2 aliphatic rings. The van der Waals surface area contributed by atoms with Crippen LogP contribution in [-0.4, -0.2) is 30.7 Å². The van der Waals surface area contributed by atoms with Gasteiger partial charge in [-0.1, -0.05) is 56.3 Å². The first-order valence-electron chi connectivity index (χ1n) is 10.2. The van der Waals surface area contributed by atoms with Gasteiger partial charge in [0.2, 0.25) is 0 Å². The minimum Gasteiger partial charge on any atom is -0.366 e. The van der Waals surface area contributed by atoms with Crippen LogP contribution in [0.15, 0.2) is 54.6 Å². The summed E-state index contributed by atoms with van der Waals surface area (Å²) in [5, 5.41) is 3.55. The molecule has 0 spiro atoms. The highest BCUT2D eigenvalue weighted by atomic mass is 15.3. The summed E-state index contributed by atoms with van der Waals surface area (Å²) in [6.07, 6.45) is 4.83. The predicted octanol–water partition coefficient (Wildman–Crippen LogP) is 5.06. The number of nitrogens with one attached hydrogen (secondary N) is 1. The van der Waals surface area contributed by atoms with Crippen molar-refractivity contribution >= 4 is 11.4 Å². The van der Waals surface area contributed by atoms with Crippen molar-refractivity contribution in [2.45, 2.75) is 51.1 Å². The molecule has 26 heavy (non-hydrogen) atoms. The second-order valence-electron chi connectivity index (χ2n) is 7.64. The van der Waals surface area contributed by atoms with Gasteiger partial charge in [0.1, 0.15) is 0 Å². The van der Waals surface area contributed by atoms with E-state index in [0.29, 0.717) is 6.04 Å². The first-order valence-corrected chi connectivity index (χ1v) is 10.2. The molecule has 0 saturated carbocycles.